The topological polar surface area (TPSA) is 64.0 Å². The fourth-order valence-corrected chi connectivity index (χ4v) is 3.39. The molecule has 1 amide bonds. The molecule has 3 rings (SSSR count). The van der Waals surface area contributed by atoms with Crippen LogP contribution in [0.15, 0.2) is 52.6 Å². The number of hydrogen-bond donors (Lipinski definition) is 1. The lowest BCUT2D eigenvalue weighted by Crippen LogP contribution is -2.47. The lowest BCUT2D eigenvalue weighted by atomic mass is 10.0. The molecule has 5 nitrogen and oxygen atoms in total. The van der Waals surface area contributed by atoms with E-state index in [4.69, 9.17) is 11.6 Å². The van der Waals surface area contributed by atoms with Gasteiger partial charge in [-0.25, -0.2) is 4.68 Å². The summed E-state index contributed by atoms with van der Waals surface area (Å²) in [5, 5.41) is 8.43. The van der Waals surface area contributed by atoms with E-state index in [0.29, 0.717) is 5.69 Å². The number of benzene rings is 1. The summed E-state index contributed by atoms with van der Waals surface area (Å²) in [5.74, 6) is -0.739. The molecule has 0 spiro atoms. The smallest absolute Gasteiger partial charge is 0.323 e. The number of carbonyl (C=O) groups excluding carboxylic acids is 1. The summed E-state index contributed by atoms with van der Waals surface area (Å²) in [6, 6.07) is 9.08. The number of anilines is 1. The standard InChI is InChI=1S/C19H15ClF3N3O2S/c1-18(2,26-16(27)8-7-13(25-26)15-4-3-9-29-15)17(28)24-14-10-11(19(21,22)23)5-6-12(14)20/h3-10H,1-2H3,(H,24,28). The minimum absolute atomic E-state index is 0.0604. The summed E-state index contributed by atoms with van der Waals surface area (Å²) in [7, 11) is 0. The third kappa shape index (κ3) is 4.35. The second-order valence-corrected chi connectivity index (χ2v) is 8.01. The van der Waals surface area contributed by atoms with Gasteiger partial charge < -0.3 is 5.32 Å². The number of nitrogens with zero attached hydrogens (tertiary/aromatic N) is 2. The fraction of sp³-hybridized carbons (Fsp3) is 0.211. The van der Waals surface area contributed by atoms with Crippen LogP contribution in [0.2, 0.25) is 5.02 Å². The number of carbonyl (C=O) groups is 1. The molecule has 2 heterocycles. The van der Waals surface area contributed by atoms with Gasteiger partial charge in [0.25, 0.3) is 11.5 Å². The molecule has 0 aliphatic carbocycles. The molecule has 152 valence electrons. The van der Waals surface area contributed by atoms with Gasteiger partial charge in [0.2, 0.25) is 0 Å². The van der Waals surface area contributed by atoms with Gasteiger partial charge in [-0.3, -0.25) is 9.59 Å². The van der Waals surface area contributed by atoms with Crippen molar-refractivity contribution in [3.8, 4) is 10.6 Å². The van der Waals surface area contributed by atoms with Gasteiger partial charge in [-0.05, 0) is 49.6 Å². The zero-order valence-electron chi connectivity index (χ0n) is 15.2. The molecule has 10 heteroatoms. The molecule has 3 aromatic rings. The SMILES string of the molecule is CC(C)(C(=O)Nc1cc(C(F)(F)F)ccc1Cl)n1nc(-c2cccs2)ccc1=O. The highest BCUT2D eigenvalue weighted by Crippen LogP contribution is 2.34. The van der Waals surface area contributed by atoms with Crippen molar-refractivity contribution >= 4 is 34.5 Å². The third-order valence-electron chi connectivity index (χ3n) is 4.20. The Hall–Kier alpha value is -2.65. The average Bonchev–Trinajstić information content (AvgIpc) is 3.17. The Bertz CT molecular complexity index is 1110. The normalized spacial score (nSPS) is 12.1. The Morgan fingerprint density at radius 2 is 1.90 bits per heavy atom. The third-order valence-corrected chi connectivity index (χ3v) is 5.42. The van der Waals surface area contributed by atoms with Crippen LogP contribution < -0.4 is 10.9 Å². The zero-order chi connectivity index (χ0) is 21.4. The number of thiophene rings is 1. The van der Waals surface area contributed by atoms with Gasteiger partial charge in [0, 0.05) is 6.07 Å². The minimum atomic E-state index is -4.59. The van der Waals surface area contributed by atoms with E-state index in [-0.39, 0.29) is 10.7 Å². The monoisotopic (exact) mass is 441 g/mol. The molecule has 29 heavy (non-hydrogen) atoms. The molecule has 0 saturated heterocycles. The number of rotatable bonds is 4. The molecule has 1 aromatic carbocycles. The summed E-state index contributed by atoms with van der Waals surface area (Å²) in [4.78, 5) is 26.0. The van der Waals surface area contributed by atoms with E-state index < -0.39 is 28.7 Å². The summed E-state index contributed by atoms with van der Waals surface area (Å²) < 4.78 is 39.9. The molecule has 0 saturated carbocycles. The van der Waals surface area contributed by atoms with Crippen LogP contribution in [0, 0.1) is 0 Å². The van der Waals surface area contributed by atoms with Gasteiger partial charge in [-0.15, -0.1) is 11.3 Å². The summed E-state index contributed by atoms with van der Waals surface area (Å²) in [5.41, 5.74) is -2.69. The first-order chi connectivity index (χ1) is 13.5. The van der Waals surface area contributed by atoms with Crippen LogP contribution in [-0.4, -0.2) is 15.7 Å². The maximum atomic E-state index is 13.0. The first-order valence-corrected chi connectivity index (χ1v) is 9.59. The fourth-order valence-electron chi connectivity index (χ4n) is 2.54. The highest BCUT2D eigenvalue weighted by Gasteiger charge is 2.34. The van der Waals surface area contributed by atoms with Crippen LogP contribution in [0.5, 0.6) is 0 Å². The van der Waals surface area contributed by atoms with Gasteiger partial charge in [0.1, 0.15) is 11.2 Å². The quantitative estimate of drug-likeness (QED) is 0.618. The van der Waals surface area contributed by atoms with E-state index in [9.17, 15) is 22.8 Å². The molecule has 1 N–H and O–H groups in total. The predicted molar refractivity (Wildman–Crippen MR) is 106 cm³/mol. The van der Waals surface area contributed by atoms with Crippen molar-refractivity contribution in [1.29, 1.82) is 0 Å². The maximum Gasteiger partial charge on any atom is 0.416 e. The Morgan fingerprint density at radius 1 is 1.17 bits per heavy atom. The molecular weight excluding hydrogens is 427 g/mol. The highest BCUT2D eigenvalue weighted by molar-refractivity contribution is 7.13. The van der Waals surface area contributed by atoms with Crippen LogP contribution in [0.25, 0.3) is 10.6 Å². The van der Waals surface area contributed by atoms with Crippen molar-refractivity contribution in [2.45, 2.75) is 25.6 Å². The van der Waals surface area contributed by atoms with Crippen molar-refractivity contribution in [1.82, 2.24) is 9.78 Å². The predicted octanol–water partition coefficient (Wildman–Crippen LogP) is 5.02. The lowest BCUT2D eigenvalue weighted by molar-refractivity contribution is -0.137. The van der Waals surface area contributed by atoms with Crippen LogP contribution in [0.4, 0.5) is 18.9 Å². The lowest BCUT2D eigenvalue weighted by Gasteiger charge is -2.25. The van der Waals surface area contributed by atoms with Crippen LogP contribution in [0.1, 0.15) is 19.4 Å². The summed E-state index contributed by atoms with van der Waals surface area (Å²) in [6.45, 7) is 2.88. The molecule has 0 aliphatic heterocycles. The largest absolute Gasteiger partial charge is 0.416 e. The number of aromatic nitrogens is 2. The van der Waals surface area contributed by atoms with Gasteiger partial charge in [-0.2, -0.15) is 18.3 Å². The Balaban J connectivity index is 1.96. The van der Waals surface area contributed by atoms with E-state index in [1.54, 1.807) is 6.07 Å². The second kappa shape index (κ2) is 7.64. The Kier molecular flexibility index (Phi) is 5.55. The number of amides is 1. The van der Waals surface area contributed by atoms with Crippen molar-refractivity contribution in [3.05, 3.63) is 68.8 Å². The molecule has 0 bridgehead atoms. The van der Waals surface area contributed by atoms with Crippen molar-refractivity contribution in [2.24, 2.45) is 0 Å². The van der Waals surface area contributed by atoms with Gasteiger partial charge >= 0.3 is 6.18 Å². The van der Waals surface area contributed by atoms with Crippen LogP contribution in [-0.2, 0) is 16.5 Å². The molecule has 0 radical (unpaired) electrons. The van der Waals surface area contributed by atoms with E-state index in [2.05, 4.69) is 10.4 Å². The van der Waals surface area contributed by atoms with Crippen molar-refractivity contribution in [3.63, 3.8) is 0 Å². The van der Waals surface area contributed by atoms with Gasteiger partial charge in [0.05, 0.1) is 21.2 Å². The van der Waals surface area contributed by atoms with E-state index in [0.717, 1.165) is 27.8 Å². The molecule has 0 unspecified atom stereocenters. The first-order valence-electron chi connectivity index (χ1n) is 8.33. The molecular formula is C19H15ClF3N3O2S. The molecule has 0 atom stereocenters. The Labute approximate surface area is 172 Å². The number of nitrogens with one attached hydrogen (secondary N) is 1. The van der Waals surface area contributed by atoms with Gasteiger partial charge in [-0.1, -0.05) is 17.7 Å². The van der Waals surface area contributed by atoms with E-state index in [1.165, 1.54) is 31.3 Å². The Morgan fingerprint density at radius 3 is 2.52 bits per heavy atom. The number of hydrogen-bond acceptors (Lipinski definition) is 4. The van der Waals surface area contributed by atoms with Crippen molar-refractivity contribution < 1.29 is 18.0 Å². The van der Waals surface area contributed by atoms with Crippen LogP contribution in [0.3, 0.4) is 0 Å². The first kappa shape index (κ1) is 21.1. The molecule has 0 fully saturated rings. The zero-order valence-corrected chi connectivity index (χ0v) is 16.8. The molecule has 2 aromatic heterocycles. The maximum absolute atomic E-state index is 13.0. The minimum Gasteiger partial charge on any atom is -0.323 e. The molecule has 0 aliphatic rings. The number of halogens is 4. The van der Waals surface area contributed by atoms with E-state index >= 15 is 0 Å². The summed E-state index contributed by atoms with van der Waals surface area (Å²) in [6.07, 6.45) is -4.59. The van der Waals surface area contributed by atoms with E-state index in [1.807, 2.05) is 17.5 Å². The van der Waals surface area contributed by atoms with Crippen LogP contribution >= 0.6 is 22.9 Å². The van der Waals surface area contributed by atoms with Crippen molar-refractivity contribution in [2.75, 3.05) is 5.32 Å². The highest BCUT2D eigenvalue weighted by atomic mass is 35.5. The number of alkyl halides is 3. The summed E-state index contributed by atoms with van der Waals surface area (Å²) >= 11 is 7.36. The van der Waals surface area contributed by atoms with Gasteiger partial charge in [0.15, 0.2) is 0 Å². The average molecular weight is 442 g/mol. The second-order valence-electron chi connectivity index (χ2n) is 6.65.